The van der Waals surface area contributed by atoms with E-state index in [0.29, 0.717) is 12.5 Å². The molecule has 7 nitrogen and oxygen atoms in total. The molecule has 136 valence electrons. The highest BCUT2D eigenvalue weighted by atomic mass is 16.3. The van der Waals surface area contributed by atoms with E-state index in [1.54, 1.807) is 6.33 Å². The van der Waals surface area contributed by atoms with E-state index in [9.17, 15) is 9.90 Å². The van der Waals surface area contributed by atoms with Gasteiger partial charge >= 0.3 is 0 Å². The second-order valence-electron chi connectivity index (χ2n) is 7.47. The average molecular weight is 345 g/mol. The third-order valence-electron chi connectivity index (χ3n) is 5.72. The molecular formula is C18H27N5O2. The van der Waals surface area contributed by atoms with Gasteiger partial charge < -0.3 is 14.9 Å². The number of rotatable bonds is 4. The number of aliphatic hydroxyl groups is 1. The first kappa shape index (κ1) is 16.7. The molecular weight excluding hydrogens is 318 g/mol. The van der Waals surface area contributed by atoms with Gasteiger partial charge in [0.15, 0.2) is 0 Å². The van der Waals surface area contributed by atoms with Crippen LogP contribution in [0.5, 0.6) is 0 Å². The van der Waals surface area contributed by atoms with Crippen LogP contribution in [-0.4, -0.2) is 82.7 Å². The fourth-order valence-corrected chi connectivity index (χ4v) is 3.98. The predicted molar refractivity (Wildman–Crippen MR) is 94.5 cm³/mol. The third-order valence-corrected chi connectivity index (χ3v) is 5.72. The predicted octanol–water partition coefficient (Wildman–Crippen LogP) is 0.459. The molecule has 1 aliphatic carbocycles. The van der Waals surface area contributed by atoms with E-state index in [-0.39, 0.29) is 12.0 Å². The zero-order valence-corrected chi connectivity index (χ0v) is 14.7. The number of aliphatic hydroxyl groups excluding tert-OH is 1. The van der Waals surface area contributed by atoms with Crippen LogP contribution in [0.15, 0.2) is 12.4 Å². The number of amides is 1. The number of nitrogens with zero attached hydrogens (tertiary/aromatic N) is 5. The fraction of sp³-hybridized carbons (Fsp3) is 0.722. The van der Waals surface area contributed by atoms with Crippen LogP contribution in [0.4, 0.5) is 5.82 Å². The van der Waals surface area contributed by atoms with Gasteiger partial charge in [-0.3, -0.25) is 9.69 Å². The molecule has 1 N–H and O–H groups in total. The highest BCUT2D eigenvalue weighted by Crippen LogP contribution is 2.36. The molecule has 0 atom stereocenters. The Morgan fingerprint density at radius 1 is 1.08 bits per heavy atom. The second kappa shape index (κ2) is 7.25. The Hall–Kier alpha value is -1.73. The van der Waals surface area contributed by atoms with Crippen LogP contribution in [0, 0.1) is 0 Å². The lowest BCUT2D eigenvalue weighted by Gasteiger charge is -2.36. The summed E-state index contributed by atoms with van der Waals surface area (Å²) in [6, 6.07) is 2.07. The van der Waals surface area contributed by atoms with Crippen molar-refractivity contribution in [2.24, 2.45) is 0 Å². The van der Waals surface area contributed by atoms with Crippen LogP contribution in [0.2, 0.25) is 0 Å². The normalized spacial score (nSPS) is 27.4. The van der Waals surface area contributed by atoms with Gasteiger partial charge in [0.25, 0.3) is 0 Å². The maximum atomic E-state index is 12.3. The maximum Gasteiger partial charge on any atom is 0.236 e. The second-order valence-corrected chi connectivity index (χ2v) is 7.47. The largest absolute Gasteiger partial charge is 0.393 e. The van der Waals surface area contributed by atoms with Crippen LogP contribution in [0.1, 0.15) is 37.3 Å². The van der Waals surface area contributed by atoms with Gasteiger partial charge in [0.1, 0.15) is 12.1 Å². The minimum atomic E-state index is -0.167. The summed E-state index contributed by atoms with van der Waals surface area (Å²) in [5.41, 5.74) is 1.04. The van der Waals surface area contributed by atoms with Crippen LogP contribution < -0.4 is 4.90 Å². The first-order chi connectivity index (χ1) is 12.2. The summed E-state index contributed by atoms with van der Waals surface area (Å²) in [7, 11) is 0. The Balaban J connectivity index is 1.29. The lowest BCUT2D eigenvalue weighted by molar-refractivity contribution is -0.131. The zero-order valence-electron chi connectivity index (χ0n) is 14.7. The van der Waals surface area contributed by atoms with Gasteiger partial charge in [-0.15, -0.1) is 0 Å². The molecule has 7 heteroatoms. The number of hydrogen-bond acceptors (Lipinski definition) is 6. The first-order valence-corrected chi connectivity index (χ1v) is 9.44. The number of hydrogen-bond donors (Lipinski definition) is 1. The Morgan fingerprint density at radius 3 is 2.48 bits per heavy atom. The zero-order chi connectivity index (χ0) is 17.2. The smallest absolute Gasteiger partial charge is 0.236 e. The quantitative estimate of drug-likeness (QED) is 0.855. The summed E-state index contributed by atoms with van der Waals surface area (Å²) in [5, 5.41) is 9.49. The number of piperazine rings is 1. The van der Waals surface area contributed by atoms with E-state index in [1.165, 1.54) is 0 Å². The van der Waals surface area contributed by atoms with Crippen molar-refractivity contribution in [1.29, 1.82) is 0 Å². The van der Waals surface area contributed by atoms with Crippen molar-refractivity contribution in [3.8, 4) is 0 Å². The van der Waals surface area contributed by atoms with Gasteiger partial charge in [0.05, 0.1) is 12.6 Å². The van der Waals surface area contributed by atoms with E-state index in [0.717, 1.165) is 76.5 Å². The van der Waals surface area contributed by atoms with Gasteiger partial charge in [-0.25, -0.2) is 9.97 Å². The Labute approximate surface area is 148 Å². The Bertz CT molecular complexity index is 605. The number of carbonyl (C=O) groups excluding carboxylic acids is 1. The SMILES string of the molecule is O=C(CN1CCN(c2cc(C3CC(O)C3)ncn2)CC1)N1CCCC1. The standard InChI is InChI=1S/C18H27N5O2/c24-15-9-14(10-15)16-11-17(20-13-19-16)22-7-5-21(6-8-22)12-18(25)23-3-1-2-4-23/h11,13-15,24H,1-10,12H2. The summed E-state index contributed by atoms with van der Waals surface area (Å²) in [6.07, 6.45) is 5.38. The van der Waals surface area contributed by atoms with E-state index in [4.69, 9.17) is 0 Å². The maximum absolute atomic E-state index is 12.3. The monoisotopic (exact) mass is 345 g/mol. The van der Waals surface area contributed by atoms with Gasteiger partial charge in [0, 0.05) is 56.9 Å². The number of carbonyl (C=O) groups is 1. The number of likely N-dealkylation sites (tertiary alicyclic amines) is 1. The van der Waals surface area contributed by atoms with Crippen LogP contribution in [0.3, 0.4) is 0 Å². The molecule has 0 aromatic carbocycles. The molecule has 1 aromatic rings. The Morgan fingerprint density at radius 2 is 1.80 bits per heavy atom. The van der Waals surface area contributed by atoms with Crippen molar-refractivity contribution >= 4 is 11.7 Å². The highest BCUT2D eigenvalue weighted by Gasteiger charge is 2.30. The van der Waals surface area contributed by atoms with Crippen molar-refractivity contribution in [3.63, 3.8) is 0 Å². The lowest BCUT2D eigenvalue weighted by atomic mass is 9.80. The molecule has 3 heterocycles. The molecule has 0 radical (unpaired) electrons. The van der Waals surface area contributed by atoms with Crippen molar-refractivity contribution in [2.75, 3.05) is 50.7 Å². The summed E-state index contributed by atoms with van der Waals surface area (Å²) in [5.74, 6) is 1.62. The molecule has 1 amide bonds. The molecule has 1 aromatic heterocycles. The average Bonchev–Trinajstić information content (AvgIpc) is 3.15. The van der Waals surface area contributed by atoms with E-state index in [2.05, 4.69) is 25.8 Å². The third kappa shape index (κ3) is 3.77. The number of anilines is 1. The summed E-state index contributed by atoms with van der Waals surface area (Å²) >= 11 is 0. The molecule has 0 unspecified atom stereocenters. The Kier molecular flexibility index (Phi) is 4.85. The van der Waals surface area contributed by atoms with Gasteiger partial charge in [-0.05, 0) is 25.7 Å². The number of aromatic nitrogens is 2. The molecule has 4 rings (SSSR count). The van der Waals surface area contributed by atoms with E-state index >= 15 is 0 Å². The molecule has 2 aliphatic heterocycles. The van der Waals surface area contributed by atoms with Crippen LogP contribution in [-0.2, 0) is 4.79 Å². The van der Waals surface area contributed by atoms with E-state index in [1.807, 2.05) is 4.90 Å². The van der Waals surface area contributed by atoms with Gasteiger partial charge in [-0.2, -0.15) is 0 Å². The van der Waals surface area contributed by atoms with E-state index < -0.39 is 0 Å². The van der Waals surface area contributed by atoms with Crippen LogP contribution in [0.25, 0.3) is 0 Å². The van der Waals surface area contributed by atoms with Gasteiger partial charge in [-0.1, -0.05) is 0 Å². The molecule has 3 fully saturated rings. The summed E-state index contributed by atoms with van der Waals surface area (Å²) in [4.78, 5) is 27.6. The molecule has 1 saturated carbocycles. The molecule has 25 heavy (non-hydrogen) atoms. The van der Waals surface area contributed by atoms with Crippen molar-refractivity contribution in [2.45, 2.75) is 37.7 Å². The topological polar surface area (TPSA) is 72.8 Å². The minimum absolute atomic E-state index is 0.167. The fourth-order valence-electron chi connectivity index (χ4n) is 3.98. The lowest BCUT2D eigenvalue weighted by Crippen LogP contribution is -2.50. The summed E-state index contributed by atoms with van der Waals surface area (Å²) in [6.45, 7) is 5.95. The van der Waals surface area contributed by atoms with Crippen molar-refractivity contribution in [1.82, 2.24) is 19.8 Å². The van der Waals surface area contributed by atoms with Crippen molar-refractivity contribution in [3.05, 3.63) is 18.1 Å². The van der Waals surface area contributed by atoms with Crippen LogP contribution >= 0.6 is 0 Å². The summed E-state index contributed by atoms with van der Waals surface area (Å²) < 4.78 is 0. The van der Waals surface area contributed by atoms with Crippen molar-refractivity contribution < 1.29 is 9.90 Å². The molecule has 3 aliphatic rings. The highest BCUT2D eigenvalue weighted by molar-refractivity contribution is 5.78. The molecule has 0 bridgehead atoms. The molecule has 2 saturated heterocycles. The van der Waals surface area contributed by atoms with Gasteiger partial charge in [0.2, 0.25) is 5.91 Å². The first-order valence-electron chi connectivity index (χ1n) is 9.44. The molecule has 0 spiro atoms. The minimum Gasteiger partial charge on any atom is -0.393 e.